The van der Waals surface area contributed by atoms with Crippen LogP contribution in [-0.4, -0.2) is 7.05 Å². The van der Waals surface area contributed by atoms with E-state index in [2.05, 4.69) is 36.5 Å². The van der Waals surface area contributed by atoms with Gasteiger partial charge in [0.15, 0.2) is 0 Å². The summed E-state index contributed by atoms with van der Waals surface area (Å²) in [5.41, 5.74) is 3.26. The Kier molecular flexibility index (Phi) is 5.13. The molecule has 0 aromatic heterocycles. The zero-order valence-corrected chi connectivity index (χ0v) is 11.9. The van der Waals surface area contributed by atoms with E-state index in [1.54, 1.807) is 6.07 Å². The van der Waals surface area contributed by atoms with Crippen LogP contribution in [0.4, 0.5) is 4.39 Å². The highest BCUT2D eigenvalue weighted by atomic mass is 19.1. The highest BCUT2D eigenvalue weighted by Crippen LogP contribution is 2.21. The summed E-state index contributed by atoms with van der Waals surface area (Å²) in [6.07, 6.45) is 1.03. The first-order valence-electron chi connectivity index (χ1n) is 6.86. The summed E-state index contributed by atoms with van der Waals surface area (Å²) in [6, 6.07) is 13.0. The lowest BCUT2D eigenvalue weighted by Gasteiger charge is -2.12. The molecular weight excluding hydrogens is 253 g/mol. The molecule has 0 spiro atoms. The average Bonchev–Trinajstić information content (AvgIpc) is 2.47. The SMILES string of the molecule is CCc1ccc(COc2ccc(F)cc2CNC)cc1. The van der Waals surface area contributed by atoms with Crippen LogP contribution in [-0.2, 0) is 19.6 Å². The number of ether oxygens (including phenoxy) is 1. The van der Waals surface area contributed by atoms with Crippen molar-refractivity contribution in [3.63, 3.8) is 0 Å². The van der Waals surface area contributed by atoms with E-state index in [9.17, 15) is 4.39 Å². The predicted molar refractivity (Wildman–Crippen MR) is 79.3 cm³/mol. The first-order chi connectivity index (χ1) is 9.72. The molecule has 2 nitrogen and oxygen atoms in total. The van der Waals surface area contributed by atoms with Crippen LogP contribution in [0.25, 0.3) is 0 Å². The fourth-order valence-electron chi connectivity index (χ4n) is 2.05. The van der Waals surface area contributed by atoms with Crippen molar-refractivity contribution < 1.29 is 9.13 Å². The highest BCUT2D eigenvalue weighted by Gasteiger charge is 2.05. The molecule has 0 heterocycles. The van der Waals surface area contributed by atoms with Crippen LogP contribution in [0.15, 0.2) is 42.5 Å². The Bertz CT molecular complexity index is 551. The summed E-state index contributed by atoms with van der Waals surface area (Å²) >= 11 is 0. The molecule has 2 aromatic rings. The van der Waals surface area contributed by atoms with E-state index in [0.29, 0.717) is 13.2 Å². The van der Waals surface area contributed by atoms with Gasteiger partial charge in [-0.1, -0.05) is 31.2 Å². The number of hydrogen-bond acceptors (Lipinski definition) is 2. The fraction of sp³-hybridized carbons (Fsp3) is 0.294. The zero-order chi connectivity index (χ0) is 14.4. The van der Waals surface area contributed by atoms with Gasteiger partial charge in [0.1, 0.15) is 18.2 Å². The molecule has 3 heteroatoms. The third-order valence-corrected chi connectivity index (χ3v) is 3.22. The predicted octanol–water partition coefficient (Wildman–Crippen LogP) is 3.69. The number of aryl methyl sites for hydroxylation is 1. The van der Waals surface area contributed by atoms with E-state index in [4.69, 9.17) is 4.74 Å². The van der Waals surface area contributed by atoms with Crippen molar-refractivity contribution in [2.45, 2.75) is 26.5 Å². The lowest BCUT2D eigenvalue weighted by Crippen LogP contribution is -2.08. The summed E-state index contributed by atoms with van der Waals surface area (Å²) in [7, 11) is 1.83. The summed E-state index contributed by atoms with van der Waals surface area (Å²) in [6.45, 7) is 3.21. The fourth-order valence-corrected chi connectivity index (χ4v) is 2.05. The van der Waals surface area contributed by atoms with E-state index in [1.807, 2.05) is 7.05 Å². The van der Waals surface area contributed by atoms with Crippen molar-refractivity contribution >= 4 is 0 Å². The molecule has 0 aliphatic heterocycles. The number of nitrogens with one attached hydrogen (secondary N) is 1. The van der Waals surface area contributed by atoms with Crippen molar-refractivity contribution in [2.24, 2.45) is 0 Å². The number of benzene rings is 2. The Hall–Kier alpha value is -1.87. The van der Waals surface area contributed by atoms with Crippen LogP contribution in [0.1, 0.15) is 23.6 Å². The molecule has 2 aromatic carbocycles. The van der Waals surface area contributed by atoms with Crippen LogP contribution in [0, 0.1) is 5.82 Å². The van der Waals surface area contributed by atoms with Crippen molar-refractivity contribution in [3.8, 4) is 5.75 Å². The van der Waals surface area contributed by atoms with Gasteiger partial charge in [0, 0.05) is 12.1 Å². The molecule has 0 unspecified atom stereocenters. The molecular formula is C17H20FNO. The van der Waals surface area contributed by atoms with Gasteiger partial charge in [-0.15, -0.1) is 0 Å². The van der Waals surface area contributed by atoms with Crippen molar-refractivity contribution in [1.29, 1.82) is 0 Å². The Morgan fingerprint density at radius 2 is 1.75 bits per heavy atom. The Morgan fingerprint density at radius 1 is 1.05 bits per heavy atom. The number of hydrogen-bond donors (Lipinski definition) is 1. The molecule has 1 N–H and O–H groups in total. The summed E-state index contributed by atoms with van der Waals surface area (Å²) in [5.74, 6) is 0.482. The normalized spacial score (nSPS) is 10.6. The molecule has 0 radical (unpaired) electrons. The molecule has 0 atom stereocenters. The van der Waals surface area contributed by atoms with Crippen molar-refractivity contribution in [1.82, 2.24) is 5.32 Å². The van der Waals surface area contributed by atoms with Gasteiger partial charge in [-0.3, -0.25) is 0 Å². The Morgan fingerprint density at radius 3 is 2.40 bits per heavy atom. The molecule has 106 valence electrons. The maximum absolute atomic E-state index is 13.2. The summed E-state index contributed by atoms with van der Waals surface area (Å²) < 4.78 is 19.0. The Balaban J connectivity index is 2.05. The first kappa shape index (κ1) is 14.5. The van der Waals surface area contributed by atoms with Gasteiger partial charge >= 0.3 is 0 Å². The van der Waals surface area contributed by atoms with Crippen LogP contribution in [0.3, 0.4) is 0 Å². The van der Waals surface area contributed by atoms with Gasteiger partial charge in [0.25, 0.3) is 0 Å². The second-order valence-corrected chi connectivity index (χ2v) is 4.74. The number of rotatable bonds is 6. The van der Waals surface area contributed by atoms with Crippen LogP contribution >= 0.6 is 0 Å². The van der Waals surface area contributed by atoms with Gasteiger partial charge in [0.05, 0.1) is 0 Å². The van der Waals surface area contributed by atoms with Crippen LogP contribution < -0.4 is 10.1 Å². The van der Waals surface area contributed by atoms with Crippen LogP contribution in [0.2, 0.25) is 0 Å². The smallest absolute Gasteiger partial charge is 0.124 e. The summed E-state index contributed by atoms with van der Waals surface area (Å²) in [4.78, 5) is 0. The second-order valence-electron chi connectivity index (χ2n) is 4.74. The van der Waals surface area contributed by atoms with Crippen molar-refractivity contribution in [2.75, 3.05) is 7.05 Å². The molecule has 0 aliphatic rings. The molecule has 0 amide bonds. The molecule has 0 saturated carbocycles. The minimum atomic E-state index is -0.241. The third kappa shape index (κ3) is 3.81. The average molecular weight is 273 g/mol. The molecule has 0 fully saturated rings. The van der Waals surface area contributed by atoms with Gasteiger partial charge in [-0.05, 0) is 42.8 Å². The lowest BCUT2D eigenvalue weighted by molar-refractivity contribution is 0.302. The van der Waals surface area contributed by atoms with E-state index < -0.39 is 0 Å². The highest BCUT2D eigenvalue weighted by molar-refractivity contribution is 5.34. The standard InChI is InChI=1S/C17H20FNO/c1-3-13-4-6-14(7-5-13)12-20-17-9-8-16(18)10-15(17)11-19-2/h4-10,19H,3,11-12H2,1-2H3. The van der Waals surface area contributed by atoms with Crippen molar-refractivity contribution in [3.05, 3.63) is 65.0 Å². The van der Waals surface area contributed by atoms with Gasteiger partial charge < -0.3 is 10.1 Å². The second kappa shape index (κ2) is 7.06. The quantitative estimate of drug-likeness (QED) is 0.866. The molecule has 20 heavy (non-hydrogen) atoms. The maximum atomic E-state index is 13.2. The zero-order valence-electron chi connectivity index (χ0n) is 11.9. The topological polar surface area (TPSA) is 21.3 Å². The Labute approximate surface area is 119 Å². The third-order valence-electron chi connectivity index (χ3n) is 3.22. The van der Waals surface area contributed by atoms with Crippen LogP contribution in [0.5, 0.6) is 5.75 Å². The minimum Gasteiger partial charge on any atom is -0.489 e. The van der Waals surface area contributed by atoms with Gasteiger partial charge in [0.2, 0.25) is 0 Å². The first-order valence-corrected chi connectivity index (χ1v) is 6.86. The maximum Gasteiger partial charge on any atom is 0.124 e. The van der Waals surface area contributed by atoms with E-state index in [-0.39, 0.29) is 5.82 Å². The minimum absolute atomic E-state index is 0.241. The molecule has 0 bridgehead atoms. The molecule has 0 aliphatic carbocycles. The molecule has 2 rings (SSSR count). The monoisotopic (exact) mass is 273 g/mol. The van der Waals surface area contributed by atoms with E-state index in [0.717, 1.165) is 23.3 Å². The number of halogens is 1. The largest absolute Gasteiger partial charge is 0.489 e. The van der Waals surface area contributed by atoms with Gasteiger partial charge in [-0.25, -0.2) is 4.39 Å². The van der Waals surface area contributed by atoms with E-state index in [1.165, 1.54) is 17.7 Å². The van der Waals surface area contributed by atoms with Gasteiger partial charge in [-0.2, -0.15) is 0 Å². The lowest BCUT2D eigenvalue weighted by atomic mass is 10.1. The van der Waals surface area contributed by atoms with E-state index >= 15 is 0 Å². The summed E-state index contributed by atoms with van der Waals surface area (Å²) in [5, 5.41) is 3.02. The molecule has 0 saturated heterocycles.